The van der Waals surface area contributed by atoms with Crippen molar-refractivity contribution in [3.63, 3.8) is 0 Å². The molecule has 0 spiro atoms. The maximum Gasteiger partial charge on any atom is 0.305 e. The minimum absolute atomic E-state index is 0.0921. The lowest BCUT2D eigenvalue weighted by molar-refractivity contribution is -0.136. The van der Waals surface area contributed by atoms with E-state index in [9.17, 15) is 9.59 Å². The second-order valence-corrected chi connectivity index (χ2v) is 4.68. The molecule has 1 rings (SSSR count). The highest BCUT2D eigenvalue weighted by atomic mass is 16.4. The summed E-state index contributed by atoms with van der Waals surface area (Å²) in [5.74, 6) is 3.88. The number of nitrogens with zero attached hydrogens (tertiary/aromatic N) is 1. The van der Waals surface area contributed by atoms with E-state index in [2.05, 4.69) is 10.4 Å². The van der Waals surface area contributed by atoms with Crippen LogP contribution in [0.1, 0.15) is 24.0 Å². The molecule has 6 N–H and O–H groups in total. The molecule has 0 radical (unpaired) electrons. The Morgan fingerprint density at radius 3 is 2.57 bits per heavy atom. The summed E-state index contributed by atoms with van der Waals surface area (Å²) >= 11 is 0. The van der Waals surface area contributed by atoms with Crippen molar-refractivity contribution >= 4 is 18.1 Å². The predicted molar refractivity (Wildman–Crippen MR) is 79.8 cm³/mol. The first-order valence-electron chi connectivity index (χ1n) is 6.57. The number of carboxylic acids is 1. The van der Waals surface area contributed by atoms with Gasteiger partial charge >= 0.3 is 5.97 Å². The molecule has 1 atom stereocenters. The van der Waals surface area contributed by atoms with E-state index >= 15 is 0 Å². The summed E-state index contributed by atoms with van der Waals surface area (Å²) < 4.78 is 0. The summed E-state index contributed by atoms with van der Waals surface area (Å²) in [7, 11) is 0. The van der Waals surface area contributed by atoms with Gasteiger partial charge in [-0.3, -0.25) is 9.59 Å². The van der Waals surface area contributed by atoms with Crippen molar-refractivity contribution in [3.8, 4) is 0 Å². The van der Waals surface area contributed by atoms with E-state index in [1.165, 1.54) is 0 Å². The number of amides is 1. The van der Waals surface area contributed by atoms with Gasteiger partial charge < -0.3 is 22.0 Å². The largest absolute Gasteiger partial charge is 0.481 e. The van der Waals surface area contributed by atoms with Crippen LogP contribution in [0.15, 0.2) is 29.4 Å². The van der Waals surface area contributed by atoms with Crippen LogP contribution in [-0.4, -0.2) is 35.8 Å². The SMILES string of the molecule is NN=Cc1ccc(CC(N)CC(=O)NCCC(=O)O)cc1. The van der Waals surface area contributed by atoms with Gasteiger partial charge in [-0.05, 0) is 17.5 Å². The summed E-state index contributed by atoms with van der Waals surface area (Å²) in [6, 6.07) is 7.22. The van der Waals surface area contributed by atoms with Crippen molar-refractivity contribution in [2.45, 2.75) is 25.3 Å². The van der Waals surface area contributed by atoms with Gasteiger partial charge in [0.2, 0.25) is 5.91 Å². The summed E-state index contributed by atoms with van der Waals surface area (Å²) in [6.45, 7) is 0.119. The number of benzene rings is 1. The van der Waals surface area contributed by atoms with Crippen molar-refractivity contribution in [2.75, 3.05) is 6.54 Å². The number of nitrogens with one attached hydrogen (secondary N) is 1. The highest BCUT2D eigenvalue weighted by Crippen LogP contribution is 2.06. The third-order valence-electron chi connectivity index (χ3n) is 2.81. The number of carboxylic acid groups (broad SMARTS) is 1. The third-order valence-corrected chi connectivity index (χ3v) is 2.81. The molecule has 0 fully saturated rings. The standard InChI is InChI=1S/C14H20N4O3/c15-12(8-13(19)17-6-5-14(20)21)7-10-1-3-11(4-2-10)9-18-16/h1-4,9,12H,5-8,15-16H2,(H,17,19)(H,20,21). The molecule has 1 amide bonds. The van der Waals surface area contributed by atoms with Crippen LogP contribution in [0.25, 0.3) is 0 Å². The normalized spacial score (nSPS) is 12.2. The van der Waals surface area contributed by atoms with E-state index < -0.39 is 5.97 Å². The number of rotatable bonds is 8. The molecule has 0 saturated carbocycles. The Bertz CT molecular complexity index is 499. The Labute approximate surface area is 123 Å². The number of hydrogen-bond donors (Lipinski definition) is 4. The molecule has 0 aliphatic carbocycles. The summed E-state index contributed by atoms with van der Waals surface area (Å²) in [4.78, 5) is 21.9. The first-order valence-corrected chi connectivity index (χ1v) is 6.57. The number of nitrogens with two attached hydrogens (primary N) is 2. The van der Waals surface area contributed by atoms with Crippen molar-refractivity contribution in [1.82, 2.24) is 5.32 Å². The van der Waals surface area contributed by atoms with Crippen molar-refractivity contribution in [2.24, 2.45) is 16.7 Å². The molecule has 114 valence electrons. The molecule has 0 aromatic heterocycles. The molecule has 21 heavy (non-hydrogen) atoms. The quantitative estimate of drug-likeness (QED) is 0.300. The third kappa shape index (κ3) is 7.07. The van der Waals surface area contributed by atoms with Gasteiger partial charge in [0.15, 0.2) is 0 Å². The van der Waals surface area contributed by atoms with E-state index in [0.29, 0.717) is 6.42 Å². The second kappa shape index (κ2) is 8.70. The molecule has 7 nitrogen and oxygen atoms in total. The minimum atomic E-state index is -0.944. The molecule has 1 unspecified atom stereocenters. The molecular formula is C14H20N4O3. The number of carbonyl (C=O) groups excluding carboxylic acids is 1. The smallest absolute Gasteiger partial charge is 0.305 e. The van der Waals surface area contributed by atoms with Crippen LogP contribution in [0, 0.1) is 0 Å². The van der Waals surface area contributed by atoms with Crippen LogP contribution < -0.4 is 16.9 Å². The Morgan fingerprint density at radius 1 is 1.33 bits per heavy atom. The minimum Gasteiger partial charge on any atom is -0.481 e. The Kier molecular flexibility index (Phi) is 6.90. The molecular weight excluding hydrogens is 272 g/mol. The molecule has 1 aromatic carbocycles. The average molecular weight is 292 g/mol. The fourth-order valence-corrected chi connectivity index (χ4v) is 1.82. The molecule has 0 saturated heterocycles. The average Bonchev–Trinajstić information content (AvgIpc) is 2.40. The van der Waals surface area contributed by atoms with Gasteiger partial charge in [0.1, 0.15) is 0 Å². The monoisotopic (exact) mass is 292 g/mol. The van der Waals surface area contributed by atoms with Gasteiger partial charge in [-0.1, -0.05) is 24.3 Å². The van der Waals surface area contributed by atoms with E-state index in [-0.39, 0.29) is 31.3 Å². The molecule has 0 bridgehead atoms. The van der Waals surface area contributed by atoms with E-state index in [0.717, 1.165) is 11.1 Å². The van der Waals surface area contributed by atoms with Crippen molar-refractivity contribution < 1.29 is 14.7 Å². The zero-order valence-corrected chi connectivity index (χ0v) is 11.7. The number of aliphatic carboxylic acids is 1. The van der Waals surface area contributed by atoms with Crippen molar-refractivity contribution in [1.29, 1.82) is 0 Å². The fourth-order valence-electron chi connectivity index (χ4n) is 1.82. The van der Waals surface area contributed by atoms with Gasteiger partial charge in [-0.15, -0.1) is 0 Å². The molecule has 0 aliphatic heterocycles. The number of hydrogen-bond acceptors (Lipinski definition) is 5. The second-order valence-electron chi connectivity index (χ2n) is 4.68. The Morgan fingerprint density at radius 2 is 2.00 bits per heavy atom. The predicted octanol–water partition coefficient (Wildman–Crippen LogP) is -0.170. The fraction of sp³-hybridized carbons (Fsp3) is 0.357. The highest BCUT2D eigenvalue weighted by molar-refractivity contribution is 5.79. The zero-order valence-electron chi connectivity index (χ0n) is 11.7. The summed E-state index contributed by atoms with van der Waals surface area (Å²) in [5.41, 5.74) is 7.81. The topological polar surface area (TPSA) is 131 Å². The molecule has 0 aliphatic rings. The Balaban J connectivity index is 2.37. The first-order chi connectivity index (χ1) is 10.0. The molecule has 7 heteroatoms. The van der Waals surface area contributed by atoms with Crippen molar-refractivity contribution in [3.05, 3.63) is 35.4 Å². The lowest BCUT2D eigenvalue weighted by Gasteiger charge is -2.11. The Hall–Kier alpha value is -2.41. The zero-order chi connectivity index (χ0) is 15.7. The van der Waals surface area contributed by atoms with Crippen LogP contribution in [-0.2, 0) is 16.0 Å². The lowest BCUT2D eigenvalue weighted by atomic mass is 10.0. The molecule has 1 aromatic rings. The van der Waals surface area contributed by atoms with Gasteiger partial charge in [-0.2, -0.15) is 5.10 Å². The molecule has 0 heterocycles. The van der Waals surface area contributed by atoms with E-state index in [1.54, 1.807) is 6.21 Å². The van der Waals surface area contributed by atoms with Gasteiger partial charge in [0, 0.05) is 19.0 Å². The van der Waals surface area contributed by atoms with Gasteiger partial charge in [-0.25, -0.2) is 0 Å². The number of hydrazone groups is 1. The maximum absolute atomic E-state index is 11.5. The van der Waals surface area contributed by atoms with Gasteiger partial charge in [0.25, 0.3) is 0 Å². The van der Waals surface area contributed by atoms with Crippen LogP contribution in [0.5, 0.6) is 0 Å². The van der Waals surface area contributed by atoms with Crippen LogP contribution in [0.3, 0.4) is 0 Å². The van der Waals surface area contributed by atoms with Gasteiger partial charge in [0.05, 0.1) is 12.6 Å². The lowest BCUT2D eigenvalue weighted by Crippen LogP contribution is -2.34. The van der Waals surface area contributed by atoms with E-state index in [4.69, 9.17) is 16.7 Å². The van der Waals surface area contributed by atoms with Crippen LogP contribution >= 0.6 is 0 Å². The van der Waals surface area contributed by atoms with E-state index in [1.807, 2.05) is 24.3 Å². The van der Waals surface area contributed by atoms with Crippen LogP contribution in [0.4, 0.5) is 0 Å². The van der Waals surface area contributed by atoms with Crippen LogP contribution in [0.2, 0.25) is 0 Å². The summed E-state index contributed by atoms with van der Waals surface area (Å²) in [5, 5.41) is 14.4. The maximum atomic E-state index is 11.5. The summed E-state index contributed by atoms with van der Waals surface area (Å²) in [6.07, 6.45) is 2.17. The first kappa shape index (κ1) is 16.6. The highest BCUT2D eigenvalue weighted by Gasteiger charge is 2.10. The number of carbonyl (C=O) groups is 2.